The zero-order valence-corrected chi connectivity index (χ0v) is 8.17. The van der Waals surface area contributed by atoms with Crippen molar-refractivity contribution in [3.63, 3.8) is 0 Å². The summed E-state index contributed by atoms with van der Waals surface area (Å²) in [6, 6.07) is 7.13. The molecule has 0 saturated carbocycles. The molecule has 0 radical (unpaired) electrons. The largest absolute Gasteiger partial charge is 0.507 e. The molecule has 0 bridgehead atoms. The van der Waals surface area contributed by atoms with Gasteiger partial charge in [0.05, 0.1) is 0 Å². The van der Waals surface area contributed by atoms with Gasteiger partial charge in [-0.2, -0.15) is 0 Å². The quantitative estimate of drug-likeness (QED) is 0.724. The van der Waals surface area contributed by atoms with Gasteiger partial charge in [-0.3, -0.25) is 4.99 Å². The van der Waals surface area contributed by atoms with Gasteiger partial charge in [0.1, 0.15) is 11.9 Å². The summed E-state index contributed by atoms with van der Waals surface area (Å²) in [7, 11) is 0. The fraction of sp³-hybridized carbons (Fsp3) is 0.0833. The third-order valence-electron chi connectivity index (χ3n) is 2.22. The summed E-state index contributed by atoms with van der Waals surface area (Å²) < 4.78 is 0. The summed E-state index contributed by atoms with van der Waals surface area (Å²) in [5, 5.41) is 9.58. The van der Waals surface area contributed by atoms with Gasteiger partial charge in [0.25, 0.3) is 0 Å². The van der Waals surface area contributed by atoms with Crippen LogP contribution in [-0.2, 0) is 0 Å². The highest BCUT2D eigenvalue weighted by atomic mass is 16.3. The Morgan fingerprint density at radius 2 is 2.13 bits per heavy atom. The number of nitrogens with zero attached hydrogens (tertiary/aromatic N) is 1. The van der Waals surface area contributed by atoms with Crippen LogP contribution in [0.2, 0.25) is 0 Å². The van der Waals surface area contributed by atoms with Crippen molar-refractivity contribution in [2.75, 3.05) is 0 Å². The molecule has 0 spiro atoms. The number of para-hydroxylation sites is 1. The molecule has 1 aliphatic heterocycles. The number of nitrogens with two attached hydrogens (primary N) is 1. The Bertz CT molecular complexity index is 447. The summed E-state index contributed by atoms with van der Waals surface area (Å²) in [6.07, 6.45) is 6.90. The molecule has 0 aliphatic carbocycles. The van der Waals surface area contributed by atoms with Gasteiger partial charge in [-0.1, -0.05) is 24.3 Å². The second-order valence-electron chi connectivity index (χ2n) is 3.31. The lowest BCUT2D eigenvalue weighted by Gasteiger charge is -2.11. The number of phenols is 1. The molecular formula is C12H12N2O. The number of rotatable bonds is 1. The Balaban J connectivity index is 2.34. The van der Waals surface area contributed by atoms with E-state index in [4.69, 9.17) is 5.73 Å². The lowest BCUT2D eigenvalue weighted by molar-refractivity contribution is 0.474. The van der Waals surface area contributed by atoms with Crippen molar-refractivity contribution in [2.24, 2.45) is 10.7 Å². The molecule has 15 heavy (non-hydrogen) atoms. The number of aromatic hydroxyl groups is 1. The van der Waals surface area contributed by atoms with E-state index in [-0.39, 0.29) is 11.9 Å². The Hall–Kier alpha value is -1.87. The van der Waals surface area contributed by atoms with Crippen LogP contribution in [0.3, 0.4) is 0 Å². The molecular weight excluding hydrogens is 188 g/mol. The minimum Gasteiger partial charge on any atom is -0.507 e. The van der Waals surface area contributed by atoms with E-state index in [0.717, 1.165) is 11.1 Å². The van der Waals surface area contributed by atoms with Crippen molar-refractivity contribution >= 4 is 12.3 Å². The Kier molecular flexibility index (Phi) is 2.65. The molecule has 1 heterocycles. The molecule has 1 aliphatic rings. The maximum atomic E-state index is 9.58. The van der Waals surface area contributed by atoms with Gasteiger partial charge in [-0.25, -0.2) is 0 Å². The average molecular weight is 200 g/mol. The van der Waals surface area contributed by atoms with Crippen LogP contribution in [-0.4, -0.2) is 17.5 Å². The fourth-order valence-corrected chi connectivity index (χ4v) is 1.40. The number of hydrogen-bond donors (Lipinski definition) is 2. The van der Waals surface area contributed by atoms with Crippen molar-refractivity contribution < 1.29 is 5.11 Å². The van der Waals surface area contributed by atoms with Crippen LogP contribution in [0.5, 0.6) is 5.75 Å². The summed E-state index contributed by atoms with van der Waals surface area (Å²) in [5.41, 5.74) is 7.42. The van der Waals surface area contributed by atoms with Gasteiger partial charge < -0.3 is 10.8 Å². The first kappa shape index (κ1) is 9.68. The van der Waals surface area contributed by atoms with Gasteiger partial charge >= 0.3 is 0 Å². The third kappa shape index (κ3) is 2.14. The van der Waals surface area contributed by atoms with Crippen molar-refractivity contribution in [3.8, 4) is 5.75 Å². The second-order valence-corrected chi connectivity index (χ2v) is 3.31. The van der Waals surface area contributed by atoms with Crippen LogP contribution in [0.25, 0.3) is 6.08 Å². The van der Waals surface area contributed by atoms with Crippen molar-refractivity contribution in [1.29, 1.82) is 0 Å². The summed E-state index contributed by atoms with van der Waals surface area (Å²) >= 11 is 0. The van der Waals surface area contributed by atoms with Gasteiger partial charge in [0.2, 0.25) is 0 Å². The Morgan fingerprint density at radius 3 is 2.87 bits per heavy atom. The minimum atomic E-state index is -0.338. The van der Waals surface area contributed by atoms with E-state index in [1.165, 1.54) is 0 Å². The number of phenolic OH excluding ortho intramolecular Hbond substituents is 1. The first-order valence-electron chi connectivity index (χ1n) is 4.72. The van der Waals surface area contributed by atoms with E-state index >= 15 is 0 Å². The molecule has 1 aromatic carbocycles. The van der Waals surface area contributed by atoms with E-state index in [1.54, 1.807) is 18.3 Å². The first-order valence-corrected chi connectivity index (χ1v) is 4.72. The van der Waals surface area contributed by atoms with Crippen LogP contribution < -0.4 is 5.73 Å². The molecule has 3 nitrogen and oxygen atoms in total. The highest BCUT2D eigenvalue weighted by Gasteiger charge is 2.07. The van der Waals surface area contributed by atoms with Crippen molar-refractivity contribution in [3.05, 3.63) is 47.6 Å². The second kappa shape index (κ2) is 4.11. The van der Waals surface area contributed by atoms with E-state index in [9.17, 15) is 5.11 Å². The highest BCUT2D eigenvalue weighted by molar-refractivity contribution is 5.76. The monoisotopic (exact) mass is 200 g/mol. The number of allylic oxidation sites excluding steroid dienone is 1. The lowest BCUT2D eigenvalue weighted by Crippen LogP contribution is -2.20. The maximum Gasteiger partial charge on any atom is 0.123 e. The standard InChI is InChI=1S/C12H12N2O/c13-12-10(5-3-7-14-12)8-9-4-1-2-6-11(9)15/h1-8,12,15H,13H2. The molecule has 0 fully saturated rings. The van der Waals surface area contributed by atoms with Gasteiger partial charge in [-0.15, -0.1) is 0 Å². The molecule has 2 rings (SSSR count). The zero-order valence-electron chi connectivity index (χ0n) is 8.17. The van der Waals surface area contributed by atoms with Crippen molar-refractivity contribution in [1.82, 2.24) is 0 Å². The Morgan fingerprint density at radius 1 is 1.33 bits per heavy atom. The topological polar surface area (TPSA) is 58.6 Å². The van der Waals surface area contributed by atoms with Gasteiger partial charge in [-0.05, 0) is 23.8 Å². The Labute approximate surface area is 88.3 Å². The van der Waals surface area contributed by atoms with Crippen LogP contribution in [0.4, 0.5) is 0 Å². The zero-order chi connectivity index (χ0) is 10.7. The molecule has 0 saturated heterocycles. The van der Waals surface area contributed by atoms with Gasteiger partial charge in [0, 0.05) is 11.8 Å². The molecule has 1 unspecified atom stereocenters. The van der Waals surface area contributed by atoms with Crippen LogP contribution in [0, 0.1) is 0 Å². The molecule has 3 heteroatoms. The van der Waals surface area contributed by atoms with E-state index in [2.05, 4.69) is 4.99 Å². The normalized spacial score (nSPS) is 22.2. The van der Waals surface area contributed by atoms with E-state index in [1.807, 2.05) is 30.4 Å². The predicted octanol–water partition coefficient (Wildman–Crippen LogP) is 1.70. The summed E-state index contributed by atoms with van der Waals surface area (Å²) in [4.78, 5) is 4.05. The number of benzene rings is 1. The molecule has 0 aromatic heterocycles. The number of hydrogen-bond acceptors (Lipinski definition) is 3. The third-order valence-corrected chi connectivity index (χ3v) is 2.22. The average Bonchev–Trinajstić information content (AvgIpc) is 2.24. The lowest BCUT2D eigenvalue weighted by atomic mass is 10.1. The van der Waals surface area contributed by atoms with Crippen molar-refractivity contribution in [2.45, 2.75) is 6.17 Å². The molecule has 1 aromatic rings. The summed E-state index contributed by atoms with van der Waals surface area (Å²) in [5.74, 6) is 0.250. The van der Waals surface area contributed by atoms with Gasteiger partial charge in [0.15, 0.2) is 0 Å². The van der Waals surface area contributed by atoms with Crippen LogP contribution in [0.1, 0.15) is 5.56 Å². The maximum absolute atomic E-state index is 9.58. The first-order chi connectivity index (χ1) is 7.27. The summed E-state index contributed by atoms with van der Waals surface area (Å²) in [6.45, 7) is 0. The molecule has 0 amide bonds. The van der Waals surface area contributed by atoms with Crippen LogP contribution >= 0.6 is 0 Å². The molecule has 76 valence electrons. The molecule has 3 N–H and O–H groups in total. The molecule has 1 atom stereocenters. The van der Waals surface area contributed by atoms with E-state index in [0.29, 0.717) is 0 Å². The number of aliphatic imine (C=N–C) groups is 1. The van der Waals surface area contributed by atoms with Crippen LogP contribution in [0.15, 0.2) is 47.0 Å². The fourth-order valence-electron chi connectivity index (χ4n) is 1.40. The predicted molar refractivity (Wildman–Crippen MR) is 61.7 cm³/mol. The minimum absolute atomic E-state index is 0.250. The number of dihydropyridines is 1. The smallest absolute Gasteiger partial charge is 0.123 e. The highest BCUT2D eigenvalue weighted by Crippen LogP contribution is 2.21. The van der Waals surface area contributed by atoms with E-state index < -0.39 is 0 Å². The SMILES string of the molecule is NC1N=CC=CC1=Cc1ccccc1O.